The number of hydrogen-bond acceptors (Lipinski definition) is 5. The van der Waals surface area contributed by atoms with E-state index in [0.717, 1.165) is 11.3 Å². The molecule has 1 heterocycles. The summed E-state index contributed by atoms with van der Waals surface area (Å²) < 4.78 is 5.50. The highest BCUT2D eigenvalue weighted by molar-refractivity contribution is 6.30. The Bertz CT molecular complexity index is 725. The van der Waals surface area contributed by atoms with Crippen molar-refractivity contribution in [2.24, 2.45) is 0 Å². The van der Waals surface area contributed by atoms with Crippen LogP contribution >= 0.6 is 11.6 Å². The summed E-state index contributed by atoms with van der Waals surface area (Å²) in [6.07, 6.45) is 0. The molecule has 0 unspecified atom stereocenters. The Balaban J connectivity index is 1.82. The molecule has 0 radical (unpaired) electrons. The van der Waals surface area contributed by atoms with Gasteiger partial charge in [-0.2, -0.15) is 0 Å². The van der Waals surface area contributed by atoms with Crippen molar-refractivity contribution in [2.45, 2.75) is 0 Å². The molecular weight excluding hydrogens is 278 g/mol. The number of halogens is 1. The summed E-state index contributed by atoms with van der Waals surface area (Å²) in [6, 6.07) is 14.0. The molecule has 0 fully saturated rings. The van der Waals surface area contributed by atoms with Crippen molar-refractivity contribution >= 4 is 23.3 Å². The minimum absolute atomic E-state index is 0.195. The van der Waals surface area contributed by atoms with Crippen molar-refractivity contribution in [3.63, 3.8) is 0 Å². The van der Waals surface area contributed by atoms with Gasteiger partial charge in [0.25, 0.3) is 0 Å². The lowest BCUT2D eigenvalue weighted by molar-refractivity contribution is 0.475. The highest BCUT2D eigenvalue weighted by Gasteiger charge is 2.08. The maximum absolute atomic E-state index is 9.21. The van der Waals surface area contributed by atoms with Gasteiger partial charge in [-0.1, -0.05) is 22.8 Å². The second kappa shape index (κ2) is 5.22. The molecule has 0 spiro atoms. The summed E-state index contributed by atoms with van der Waals surface area (Å²) in [5.74, 6) is 0.578. The zero-order chi connectivity index (χ0) is 13.9. The summed E-state index contributed by atoms with van der Waals surface area (Å²) in [5.41, 5.74) is 1.49. The van der Waals surface area contributed by atoms with E-state index in [1.165, 1.54) is 0 Å². The van der Waals surface area contributed by atoms with Crippen LogP contribution in [0.4, 0.5) is 11.7 Å². The van der Waals surface area contributed by atoms with Crippen LogP contribution in [0, 0.1) is 0 Å². The molecule has 0 aliphatic carbocycles. The molecule has 0 aliphatic rings. The molecule has 100 valence electrons. The van der Waals surface area contributed by atoms with Crippen molar-refractivity contribution in [1.82, 2.24) is 10.2 Å². The van der Waals surface area contributed by atoms with E-state index in [-0.39, 0.29) is 11.8 Å². The lowest BCUT2D eigenvalue weighted by atomic mass is 10.2. The van der Waals surface area contributed by atoms with Crippen LogP contribution in [-0.4, -0.2) is 15.3 Å². The number of phenolic OH excluding ortho intramolecular Hbond substituents is 1. The van der Waals surface area contributed by atoms with Crippen molar-refractivity contribution in [3.05, 3.63) is 53.6 Å². The topological polar surface area (TPSA) is 71.2 Å². The van der Waals surface area contributed by atoms with Crippen molar-refractivity contribution in [2.75, 3.05) is 5.32 Å². The highest BCUT2D eigenvalue weighted by atomic mass is 35.5. The van der Waals surface area contributed by atoms with Gasteiger partial charge in [-0.25, -0.2) is 0 Å². The number of rotatable bonds is 3. The highest BCUT2D eigenvalue weighted by Crippen LogP contribution is 2.24. The Morgan fingerprint density at radius 1 is 1.05 bits per heavy atom. The van der Waals surface area contributed by atoms with Crippen LogP contribution in [0.5, 0.6) is 5.75 Å². The number of nitrogens with one attached hydrogen (secondary N) is 1. The fourth-order valence-electron chi connectivity index (χ4n) is 1.68. The van der Waals surface area contributed by atoms with E-state index < -0.39 is 0 Å². The standard InChI is InChI=1S/C14H10ClN3O2/c15-10-3-1-2-9(8-10)13-17-18-14(20-13)16-11-4-6-12(19)7-5-11/h1-8,19H,(H,16,18). The molecule has 0 saturated carbocycles. The van der Waals surface area contributed by atoms with Crippen LogP contribution in [0.15, 0.2) is 52.9 Å². The predicted molar refractivity (Wildman–Crippen MR) is 76.1 cm³/mol. The van der Waals surface area contributed by atoms with Gasteiger partial charge in [-0.15, -0.1) is 5.10 Å². The van der Waals surface area contributed by atoms with E-state index in [1.54, 1.807) is 36.4 Å². The Kier molecular flexibility index (Phi) is 3.26. The van der Waals surface area contributed by atoms with Gasteiger partial charge in [-0.05, 0) is 42.5 Å². The van der Waals surface area contributed by atoms with Gasteiger partial charge in [0.15, 0.2) is 0 Å². The maximum Gasteiger partial charge on any atom is 0.320 e. The molecule has 0 saturated heterocycles. The second-order valence-electron chi connectivity index (χ2n) is 4.09. The molecule has 6 heteroatoms. The van der Waals surface area contributed by atoms with Crippen LogP contribution in [0.1, 0.15) is 0 Å². The molecule has 2 aromatic carbocycles. The minimum atomic E-state index is 0.195. The van der Waals surface area contributed by atoms with Crippen LogP contribution in [0.25, 0.3) is 11.5 Å². The van der Waals surface area contributed by atoms with E-state index in [4.69, 9.17) is 16.0 Å². The van der Waals surface area contributed by atoms with Crippen molar-refractivity contribution in [1.29, 1.82) is 0 Å². The third-order valence-corrected chi connectivity index (χ3v) is 2.85. The van der Waals surface area contributed by atoms with E-state index >= 15 is 0 Å². The SMILES string of the molecule is Oc1ccc(Nc2nnc(-c3cccc(Cl)c3)o2)cc1. The summed E-state index contributed by atoms with van der Waals surface area (Å²) in [4.78, 5) is 0. The Morgan fingerprint density at radius 2 is 1.85 bits per heavy atom. The molecule has 0 amide bonds. The number of anilines is 2. The molecule has 3 rings (SSSR count). The van der Waals surface area contributed by atoms with E-state index in [1.807, 2.05) is 12.1 Å². The van der Waals surface area contributed by atoms with E-state index in [2.05, 4.69) is 15.5 Å². The second-order valence-corrected chi connectivity index (χ2v) is 4.53. The molecule has 1 aromatic heterocycles. The third-order valence-electron chi connectivity index (χ3n) is 2.62. The zero-order valence-electron chi connectivity index (χ0n) is 10.2. The molecular formula is C14H10ClN3O2. The average molecular weight is 288 g/mol. The Hall–Kier alpha value is -2.53. The molecule has 0 atom stereocenters. The van der Waals surface area contributed by atoms with E-state index in [9.17, 15) is 5.11 Å². The predicted octanol–water partition coefficient (Wildman–Crippen LogP) is 3.84. The van der Waals surface area contributed by atoms with Crippen LogP contribution in [0.3, 0.4) is 0 Å². The van der Waals surface area contributed by atoms with Gasteiger partial charge in [0.2, 0.25) is 5.89 Å². The van der Waals surface area contributed by atoms with Crippen molar-refractivity contribution < 1.29 is 9.52 Å². The Labute approximate surface area is 119 Å². The molecule has 20 heavy (non-hydrogen) atoms. The molecule has 5 nitrogen and oxygen atoms in total. The summed E-state index contributed by atoms with van der Waals surface area (Å²) in [5, 5.41) is 20.6. The molecule has 2 N–H and O–H groups in total. The van der Waals surface area contributed by atoms with Crippen LogP contribution in [0.2, 0.25) is 5.02 Å². The minimum Gasteiger partial charge on any atom is -0.508 e. The maximum atomic E-state index is 9.21. The molecule has 3 aromatic rings. The number of hydrogen-bond donors (Lipinski definition) is 2. The van der Waals surface area contributed by atoms with Gasteiger partial charge in [0, 0.05) is 16.3 Å². The third kappa shape index (κ3) is 2.73. The van der Waals surface area contributed by atoms with Crippen molar-refractivity contribution in [3.8, 4) is 17.2 Å². The normalized spacial score (nSPS) is 10.4. The summed E-state index contributed by atoms with van der Waals surface area (Å²) >= 11 is 5.92. The van der Waals surface area contributed by atoms with Gasteiger partial charge < -0.3 is 14.8 Å². The number of nitrogens with zero attached hydrogens (tertiary/aromatic N) is 2. The lowest BCUT2D eigenvalue weighted by Crippen LogP contribution is -1.89. The van der Waals surface area contributed by atoms with Crippen LogP contribution in [-0.2, 0) is 0 Å². The van der Waals surface area contributed by atoms with E-state index in [0.29, 0.717) is 10.9 Å². The first kappa shape index (κ1) is 12.5. The number of benzene rings is 2. The lowest BCUT2D eigenvalue weighted by Gasteiger charge is -2.00. The van der Waals surface area contributed by atoms with Gasteiger partial charge >= 0.3 is 6.01 Å². The monoisotopic (exact) mass is 287 g/mol. The fraction of sp³-hybridized carbons (Fsp3) is 0. The van der Waals surface area contributed by atoms with Gasteiger partial charge in [-0.3, -0.25) is 0 Å². The first-order valence-electron chi connectivity index (χ1n) is 5.86. The van der Waals surface area contributed by atoms with Gasteiger partial charge in [0.05, 0.1) is 0 Å². The summed E-state index contributed by atoms with van der Waals surface area (Å²) in [6.45, 7) is 0. The smallest absolute Gasteiger partial charge is 0.320 e. The molecule has 0 aliphatic heterocycles. The number of phenols is 1. The number of aromatic nitrogens is 2. The fourth-order valence-corrected chi connectivity index (χ4v) is 1.87. The number of aromatic hydroxyl groups is 1. The molecule has 0 bridgehead atoms. The Morgan fingerprint density at radius 3 is 2.60 bits per heavy atom. The van der Waals surface area contributed by atoms with Crippen LogP contribution < -0.4 is 5.32 Å². The quantitative estimate of drug-likeness (QED) is 0.716. The average Bonchev–Trinajstić information content (AvgIpc) is 2.90. The first-order chi connectivity index (χ1) is 9.70. The largest absolute Gasteiger partial charge is 0.508 e. The zero-order valence-corrected chi connectivity index (χ0v) is 11.0. The van der Waals surface area contributed by atoms with Gasteiger partial charge in [0.1, 0.15) is 5.75 Å². The summed E-state index contributed by atoms with van der Waals surface area (Å²) in [7, 11) is 0. The first-order valence-corrected chi connectivity index (χ1v) is 6.24.